The number of nitrogens with one attached hydrogen (secondary N) is 2. The summed E-state index contributed by atoms with van der Waals surface area (Å²) < 4.78 is 20.3. The predicted octanol–water partition coefficient (Wildman–Crippen LogP) is 4.13. The first-order valence-corrected chi connectivity index (χ1v) is 12.7. The molecule has 39 heavy (non-hydrogen) atoms. The smallest absolute Gasteiger partial charge is 0.414 e. The summed E-state index contributed by atoms with van der Waals surface area (Å²) in [5.74, 6) is -0.641. The highest BCUT2D eigenvalue weighted by molar-refractivity contribution is 5.90. The second-order valence-corrected chi connectivity index (χ2v) is 9.38. The Hall–Kier alpha value is -4.57. The van der Waals surface area contributed by atoms with Gasteiger partial charge in [0.25, 0.3) is 0 Å². The highest BCUT2D eigenvalue weighted by atomic mass is 19.1. The van der Waals surface area contributed by atoms with Gasteiger partial charge in [0.15, 0.2) is 0 Å². The number of cyclic esters (lactones) is 1. The van der Waals surface area contributed by atoms with Gasteiger partial charge >= 0.3 is 6.09 Å². The van der Waals surface area contributed by atoms with E-state index in [1.807, 2.05) is 61.5 Å². The van der Waals surface area contributed by atoms with Crippen molar-refractivity contribution in [2.24, 2.45) is 0 Å². The van der Waals surface area contributed by atoms with Crippen LogP contribution in [0.25, 0.3) is 16.8 Å². The van der Waals surface area contributed by atoms with Crippen LogP contribution < -0.4 is 15.5 Å². The lowest BCUT2D eigenvalue weighted by Crippen LogP contribution is -2.33. The number of carbonyl (C=O) groups is 2. The number of carbonyl (C=O) groups excluding carboxylic acids is 2. The van der Waals surface area contributed by atoms with Crippen LogP contribution in [-0.4, -0.2) is 46.2 Å². The maximum absolute atomic E-state index is 15.1. The zero-order valence-corrected chi connectivity index (χ0v) is 21.7. The largest absolute Gasteiger partial charge is 0.442 e. The monoisotopic (exact) mass is 528 g/mol. The molecule has 2 amide bonds. The first-order chi connectivity index (χ1) is 18.9. The number of aromatic nitrogens is 3. The molecule has 0 spiro atoms. The van der Waals surface area contributed by atoms with Crippen LogP contribution in [-0.2, 0) is 22.6 Å². The first kappa shape index (κ1) is 26.1. The third-order valence-corrected chi connectivity index (χ3v) is 6.47. The Labute approximate surface area is 225 Å². The summed E-state index contributed by atoms with van der Waals surface area (Å²) in [6.07, 6.45) is -1.04. The molecule has 1 aliphatic heterocycles. The van der Waals surface area contributed by atoms with Gasteiger partial charge in [-0.2, -0.15) is 15.0 Å². The van der Waals surface area contributed by atoms with Gasteiger partial charge in [0, 0.05) is 25.6 Å². The van der Waals surface area contributed by atoms with Crippen molar-refractivity contribution in [2.75, 3.05) is 18.0 Å². The lowest BCUT2D eigenvalue weighted by molar-refractivity contribution is -0.119. The van der Waals surface area contributed by atoms with Crippen molar-refractivity contribution >= 4 is 17.7 Å². The first-order valence-electron chi connectivity index (χ1n) is 12.7. The average Bonchev–Trinajstić information content (AvgIpc) is 3.50. The predicted molar refractivity (Wildman–Crippen MR) is 145 cm³/mol. The van der Waals surface area contributed by atoms with Gasteiger partial charge in [0.2, 0.25) is 5.91 Å². The number of para-hydroxylation sites is 1. The fourth-order valence-corrected chi connectivity index (χ4v) is 4.38. The molecule has 5 rings (SSSR count). The fourth-order valence-electron chi connectivity index (χ4n) is 4.38. The van der Waals surface area contributed by atoms with E-state index in [9.17, 15) is 9.59 Å². The summed E-state index contributed by atoms with van der Waals surface area (Å²) in [4.78, 5) is 26.4. The van der Waals surface area contributed by atoms with Crippen molar-refractivity contribution in [1.82, 2.24) is 25.6 Å². The number of anilines is 1. The molecule has 0 saturated carbocycles. The number of hydrogen-bond donors (Lipinski definition) is 2. The molecule has 1 aromatic heterocycles. The van der Waals surface area contributed by atoms with Gasteiger partial charge in [-0.05, 0) is 48.4 Å². The summed E-state index contributed by atoms with van der Waals surface area (Å²) in [5.41, 5.74) is 5.28. The third-order valence-electron chi connectivity index (χ3n) is 6.47. The zero-order valence-electron chi connectivity index (χ0n) is 21.7. The molecular formula is C29H29FN6O3. The second kappa shape index (κ2) is 11.4. The van der Waals surface area contributed by atoms with Crippen LogP contribution in [0.15, 0.2) is 72.8 Å². The van der Waals surface area contributed by atoms with Crippen molar-refractivity contribution in [1.29, 1.82) is 0 Å². The van der Waals surface area contributed by atoms with Crippen molar-refractivity contribution < 1.29 is 18.7 Å². The summed E-state index contributed by atoms with van der Waals surface area (Å²) in [6.45, 7) is 4.98. The SMILES string of the molecule is CC(=O)NC[C@H]1CN(c2ccc(-c3ccc(CNCc4nn(-c5ccccc5)nc4C)cc3)c(F)c2)C(=O)O1. The van der Waals surface area contributed by atoms with Gasteiger partial charge in [-0.3, -0.25) is 9.69 Å². The van der Waals surface area contributed by atoms with E-state index in [4.69, 9.17) is 4.74 Å². The molecule has 1 atom stereocenters. The zero-order chi connectivity index (χ0) is 27.4. The van der Waals surface area contributed by atoms with E-state index in [1.165, 1.54) is 17.9 Å². The molecule has 10 heteroatoms. The minimum absolute atomic E-state index is 0.204. The molecule has 2 heterocycles. The summed E-state index contributed by atoms with van der Waals surface area (Å²) >= 11 is 0. The molecule has 4 aromatic rings. The lowest BCUT2D eigenvalue weighted by atomic mass is 10.0. The quantitative estimate of drug-likeness (QED) is 0.339. The van der Waals surface area contributed by atoms with E-state index in [0.717, 1.165) is 28.2 Å². The molecule has 1 aliphatic rings. The fraction of sp³-hybridized carbons (Fsp3) is 0.241. The molecule has 0 radical (unpaired) electrons. The van der Waals surface area contributed by atoms with Gasteiger partial charge in [-0.25, -0.2) is 9.18 Å². The number of aryl methyl sites for hydroxylation is 1. The summed E-state index contributed by atoms with van der Waals surface area (Å²) in [7, 11) is 0. The van der Waals surface area contributed by atoms with Crippen LogP contribution in [0.5, 0.6) is 0 Å². The van der Waals surface area contributed by atoms with Gasteiger partial charge in [0.05, 0.1) is 35.9 Å². The van der Waals surface area contributed by atoms with Gasteiger partial charge < -0.3 is 15.4 Å². The molecule has 0 bridgehead atoms. The van der Waals surface area contributed by atoms with Crippen molar-refractivity contribution in [2.45, 2.75) is 33.0 Å². The van der Waals surface area contributed by atoms with Crippen LogP contribution in [0.1, 0.15) is 23.9 Å². The molecule has 3 aromatic carbocycles. The Morgan fingerprint density at radius 1 is 1.03 bits per heavy atom. The molecule has 200 valence electrons. The molecule has 2 N–H and O–H groups in total. The minimum atomic E-state index is -0.563. The Bertz CT molecular complexity index is 1470. The number of ether oxygens (including phenoxy) is 1. The number of amides is 2. The van der Waals surface area contributed by atoms with Crippen LogP contribution in [0.2, 0.25) is 0 Å². The lowest BCUT2D eigenvalue weighted by Gasteiger charge is -2.15. The van der Waals surface area contributed by atoms with Crippen LogP contribution >= 0.6 is 0 Å². The molecule has 9 nitrogen and oxygen atoms in total. The number of hydrogen-bond acceptors (Lipinski definition) is 6. The Morgan fingerprint density at radius 3 is 2.51 bits per heavy atom. The molecular weight excluding hydrogens is 499 g/mol. The Kier molecular flexibility index (Phi) is 7.64. The van der Waals surface area contributed by atoms with Crippen molar-refractivity contribution in [3.8, 4) is 16.8 Å². The number of halogens is 1. The van der Waals surface area contributed by atoms with E-state index >= 15 is 4.39 Å². The topological polar surface area (TPSA) is 101 Å². The van der Waals surface area contributed by atoms with Crippen molar-refractivity contribution in [3.63, 3.8) is 0 Å². The van der Waals surface area contributed by atoms with E-state index in [-0.39, 0.29) is 19.0 Å². The van der Waals surface area contributed by atoms with Crippen LogP contribution in [0.3, 0.4) is 0 Å². The van der Waals surface area contributed by atoms with Gasteiger partial charge in [0.1, 0.15) is 11.9 Å². The van der Waals surface area contributed by atoms with Gasteiger partial charge in [-0.1, -0.05) is 42.5 Å². The number of nitrogens with zero attached hydrogens (tertiary/aromatic N) is 4. The molecule has 0 aliphatic carbocycles. The highest BCUT2D eigenvalue weighted by Gasteiger charge is 2.32. The maximum Gasteiger partial charge on any atom is 0.414 e. The average molecular weight is 529 g/mol. The Balaban J connectivity index is 1.18. The van der Waals surface area contributed by atoms with Gasteiger partial charge in [-0.15, -0.1) is 0 Å². The Morgan fingerprint density at radius 2 is 1.79 bits per heavy atom. The minimum Gasteiger partial charge on any atom is -0.442 e. The molecule has 1 saturated heterocycles. The summed E-state index contributed by atoms with van der Waals surface area (Å²) in [6, 6.07) is 22.1. The normalized spacial score (nSPS) is 14.9. The van der Waals surface area contributed by atoms with E-state index in [1.54, 1.807) is 16.9 Å². The summed E-state index contributed by atoms with van der Waals surface area (Å²) in [5, 5.41) is 15.1. The van der Waals surface area contributed by atoms with E-state index in [0.29, 0.717) is 24.3 Å². The number of rotatable bonds is 9. The maximum atomic E-state index is 15.1. The molecule has 0 unspecified atom stereocenters. The number of benzene rings is 3. The van der Waals surface area contributed by atoms with Crippen molar-refractivity contribution in [3.05, 3.63) is 95.6 Å². The highest BCUT2D eigenvalue weighted by Crippen LogP contribution is 2.29. The second-order valence-electron chi connectivity index (χ2n) is 9.38. The van der Waals surface area contributed by atoms with E-state index in [2.05, 4.69) is 20.8 Å². The van der Waals surface area contributed by atoms with Crippen LogP contribution in [0, 0.1) is 12.7 Å². The van der Waals surface area contributed by atoms with Crippen LogP contribution in [0.4, 0.5) is 14.9 Å². The third kappa shape index (κ3) is 6.12. The van der Waals surface area contributed by atoms with E-state index < -0.39 is 18.0 Å². The standard InChI is InChI=1S/C29H29FN6O3/c1-19-28(34-36(33-19)23-6-4-3-5-7-23)17-31-15-21-8-10-22(11-9-21)26-13-12-24(14-27(26)30)35-18-25(39-29(35)38)16-32-20(2)37/h3-14,25,31H,15-18H2,1-2H3,(H,32,37)/t25-/m0/s1. The molecule has 1 fully saturated rings.